The van der Waals surface area contributed by atoms with Gasteiger partial charge in [-0.2, -0.15) is 22.8 Å². The Balaban J connectivity index is 2.00. The van der Waals surface area contributed by atoms with Crippen molar-refractivity contribution in [1.29, 1.82) is 0 Å². The third-order valence-electron chi connectivity index (χ3n) is 3.98. The number of piperazine rings is 1. The lowest BCUT2D eigenvalue weighted by Crippen LogP contribution is -2.44. The molecule has 0 saturated carbocycles. The van der Waals surface area contributed by atoms with Crippen LogP contribution in [0.4, 0.5) is 23.5 Å². The average Bonchev–Trinajstić information content (AvgIpc) is 3.04. The van der Waals surface area contributed by atoms with Gasteiger partial charge < -0.3 is 10.2 Å². The number of hydrogen-bond acceptors (Lipinski definition) is 5. The molecule has 1 N–H and O–H groups in total. The molecule has 1 aromatic carbocycles. The van der Waals surface area contributed by atoms with Gasteiger partial charge in [-0.1, -0.05) is 0 Å². The van der Waals surface area contributed by atoms with Gasteiger partial charge in [0.2, 0.25) is 5.95 Å². The molecule has 0 spiro atoms. The molecule has 1 aliphatic rings. The Kier molecular flexibility index (Phi) is 3.30. The molecule has 0 aliphatic carbocycles. The maximum Gasteiger partial charge on any atom is 0.416 e. The second-order valence-corrected chi connectivity index (χ2v) is 5.50. The molecular weight excluding hydrogens is 328 g/mol. The van der Waals surface area contributed by atoms with Crippen LogP contribution in [0.5, 0.6) is 0 Å². The monoisotopic (exact) mass is 340 g/mol. The minimum Gasteiger partial charge on any atom is -0.338 e. The van der Waals surface area contributed by atoms with E-state index in [1.807, 2.05) is 4.90 Å². The first kappa shape index (κ1) is 15.1. The summed E-state index contributed by atoms with van der Waals surface area (Å²) in [6.07, 6.45) is -3.43. The van der Waals surface area contributed by atoms with Crippen LogP contribution in [0.25, 0.3) is 16.6 Å². The lowest BCUT2D eigenvalue weighted by atomic mass is 10.1. The van der Waals surface area contributed by atoms with Gasteiger partial charge >= 0.3 is 6.18 Å². The molecule has 6 nitrogen and oxygen atoms in total. The molecule has 1 saturated heterocycles. The molecule has 0 bridgehead atoms. The second-order valence-electron chi connectivity index (χ2n) is 5.50. The lowest BCUT2D eigenvalue weighted by Gasteiger charge is -2.28. The van der Waals surface area contributed by atoms with E-state index in [2.05, 4.69) is 20.4 Å². The lowest BCUT2D eigenvalue weighted by molar-refractivity contribution is -0.137. The molecule has 3 heterocycles. The summed E-state index contributed by atoms with van der Waals surface area (Å²) >= 11 is 0. The molecule has 0 atom stereocenters. The highest BCUT2D eigenvalue weighted by Gasteiger charge is 2.32. The fourth-order valence-electron chi connectivity index (χ4n) is 2.84. The number of nitrogens with one attached hydrogen (secondary N) is 1. The second kappa shape index (κ2) is 5.26. The minimum absolute atomic E-state index is 0.0151. The normalized spacial score (nSPS) is 16.2. The van der Waals surface area contributed by atoms with E-state index >= 15 is 0 Å². The number of benzene rings is 1. The van der Waals surface area contributed by atoms with Gasteiger partial charge in [-0.3, -0.25) is 0 Å². The van der Waals surface area contributed by atoms with Crippen LogP contribution in [-0.2, 0) is 6.18 Å². The number of halogens is 4. The SMILES string of the molecule is Fc1cc(C(F)(F)F)cc2c1nc(N1CCNCC1)n1ncnc21. The molecule has 4 rings (SSSR count). The molecule has 0 radical (unpaired) electrons. The average molecular weight is 340 g/mol. The van der Waals surface area contributed by atoms with Crippen molar-refractivity contribution >= 4 is 22.5 Å². The van der Waals surface area contributed by atoms with Crippen LogP contribution >= 0.6 is 0 Å². The van der Waals surface area contributed by atoms with Crippen LogP contribution in [0, 0.1) is 5.82 Å². The Labute approximate surface area is 133 Å². The number of alkyl halides is 3. The summed E-state index contributed by atoms with van der Waals surface area (Å²) in [4.78, 5) is 10.1. The fourth-order valence-corrected chi connectivity index (χ4v) is 2.84. The van der Waals surface area contributed by atoms with E-state index in [1.54, 1.807) is 0 Å². The fraction of sp³-hybridized carbons (Fsp3) is 0.357. The van der Waals surface area contributed by atoms with Crippen molar-refractivity contribution in [3.63, 3.8) is 0 Å². The number of aromatic nitrogens is 4. The van der Waals surface area contributed by atoms with E-state index in [9.17, 15) is 17.6 Å². The van der Waals surface area contributed by atoms with Gasteiger partial charge in [0, 0.05) is 31.6 Å². The molecule has 10 heteroatoms. The molecule has 126 valence electrons. The van der Waals surface area contributed by atoms with Crippen molar-refractivity contribution in [3.05, 3.63) is 29.8 Å². The zero-order chi connectivity index (χ0) is 16.9. The summed E-state index contributed by atoms with van der Waals surface area (Å²) in [6.45, 7) is 2.72. The van der Waals surface area contributed by atoms with Gasteiger partial charge in [0.05, 0.1) is 5.56 Å². The van der Waals surface area contributed by atoms with Crippen LogP contribution in [0.2, 0.25) is 0 Å². The first-order valence-corrected chi connectivity index (χ1v) is 7.31. The Morgan fingerprint density at radius 3 is 2.58 bits per heavy atom. The van der Waals surface area contributed by atoms with Crippen molar-refractivity contribution in [1.82, 2.24) is 24.9 Å². The summed E-state index contributed by atoms with van der Waals surface area (Å²) in [5.74, 6) is -0.656. The number of nitrogens with zero attached hydrogens (tertiary/aromatic N) is 5. The molecule has 1 aliphatic heterocycles. The number of hydrogen-bond donors (Lipinski definition) is 1. The number of fused-ring (bicyclic) bond motifs is 3. The third-order valence-corrected chi connectivity index (χ3v) is 3.98. The Bertz CT molecular complexity index is 913. The largest absolute Gasteiger partial charge is 0.416 e. The van der Waals surface area contributed by atoms with E-state index in [-0.39, 0.29) is 16.6 Å². The summed E-state index contributed by atoms with van der Waals surface area (Å²) in [7, 11) is 0. The van der Waals surface area contributed by atoms with Crippen molar-refractivity contribution in [2.75, 3.05) is 31.1 Å². The van der Waals surface area contributed by atoms with E-state index in [0.717, 1.165) is 19.2 Å². The van der Waals surface area contributed by atoms with Gasteiger partial charge in [-0.25, -0.2) is 14.4 Å². The quantitative estimate of drug-likeness (QED) is 0.685. The Hall–Kier alpha value is -2.49. The first-order valence-electron chi connectivity index (χ1n) is 7.31. The summed E-state index contributed by atoms with van der Waals surface area (Å²) in [5.41, 5.74) is -1.07. The Morgan fingerprint density at radius 2 is 1.88 bits per heavy atom. The predicted octanol–water partition coefficient (Wildman–Crippen LogP) is 1.85. The van der Waals surface area contributed by atoms with E-state index in [4.69, 9.17) is 0 Å². The van der Waals surface area contributed by atoms with Crippen LogP contribution in [0.1, 0.15) is 5.56 Å². The zero-order valence-electron chi connectivity index (χ0n) is 12.3. The predicted molar refractivity (Wildman–Crippen MR) is 78.3 cm³/mol. The van der Waals surface area contributed by atoms with Crippen molar-refractivity contribution in [2.45, 2.75) is 6.18 Å². The van der Waals surface area contributed by atoms with Crippen LogP contribution in [0.15, 0.2) is 18.5 Å². The highest BCUT2D eigenvalue weighted by Crippen LogP contribution is 2.34. The van der Waals surface area contributed by atoms with E-state index in [1.165, 1.54) is 10.8 Å². The minimum atomic E-state index is -4.65. The highest BCUT2D eigenvalue weighted by molar-refractivity contribution is 5.93. The third kappa shape index (κ3) is 2.33. The van der Waals surface area contributed by atoms with Crippen LogP contribution in [0.3, 0.4) is 0 Å². The molecule has 0 amide bonds. The highest BCUT2D eigenvalue weighted by atomic mass is 19.4. The van der Waals surface area contributed by atoms with Gasteiger partial charge in [-0.05, 0) is 12.1 Å². The van der Waals surface area contributed by atoms with Crippen LogP contribution in [-0.4, -0.2) is 45.8 Å². The zero-order valence-corrected chi connectivity index (χ0v) is 12.3. The topological polar surface area (TPSA) is 58.4 Å². The summed E-state index contributed by atoms with van der Waals surface area (Å²) < 4.78 is 54.5. The van der Waals surface area contributed by atoms with Gasteiger partial charge in [0.1, 0.15) is 17.7 Å². The first-order chi connectivity index (χ1) is 11.4. The molecule has 2 aromatic heterocycles. The maximum absolute atomic E-state index is 14.3. The van der Waals surface area contributed by atoms with Crippen molar-refractivity contribution in [3.8, 4) is 0 Å². The molecule has 24 heavy (non-hydrogen) atoms. The van der Waals surface area contributed by atoms with Crippen molar-refractivity contribution < 1.29 is 17.6 Å². The maximum atomic E-state index is 14.3. The number of rotatable bonds is 1. The molecule has 0 unspecified atom stereocenters. The molecule has 3 aromatic rings. The van der Waals surface area contributed by atoms with E-state index in [0.29, 0.717) is 25.1 Å². The smallest absolute Gasteiger partial charge is 0.338 e. The van der Waals surface area contributed by atoms with Crippen LogP contribution < -0.4 is 10.2 Å². The van der Waals surface area contributed by atoms with Gasteiger partial charge in [0.25, 0.3) is 0 Å². The number of anilines is 1. The van der Waals surface area contributed by atoms with Gasteiger partial charge in [-0.15, -0.1) is 0 Å². The molecule has 1 fully saturated rings. The standard InChI is InChI=1S/C14H12F4N6/c15-10-6-8(14(16,17)18)5-9-11(10)22-13(23-3-1-19-2-4-23)24-12(9)20-7-21-24/h5-7,19H,1-4H2. The summed E-state index contributed by atoms with van der Waals surface area (Å²) in [5, 5.41) is 7.21. The van der Waals surface area contributed by atoms with Crippen molar-refractivity contribution in [2.24, 2.45) is 0 Å². The van der Waals surface area contributed by atoms with Gasteiger partial charge in [0.15, 0.2) is 5.65 Å². The molecular formula is C14H12F4N6. The Morgan fingerprint density at radius 1 is 1.12 bits per heavy atom. The summed E-state index contributed by atoms with van der Waals surface area (Å²) in [6, 6.07) is 1.32. The van der Waals surface area contributed by atoms with E-state index < -0.39 is 17.6 Å².